The van der Waals surface area contributed by atoms with Crippen molar-refractivity contribution in [3.63, 3.8) is 0 Å². The Bertz CT molecular complexity index is 409. The lowest BCUT2D eigenvalue weighted by atomic mass is 10.1. The minimum absolute atomic E-state index is 0.00914. The molecular formula is C15H22N2O2. The average Bonchev–Trinajstić information content (AvgIpc) is 2.91. The van der Waals surface area contributed by atoms with Gasteiger partial charge in [0.2, 0.25) is 5.91 Å². The van der Waals surface area contributed by atoms with Gasteiger partial charge in [0.25, 0.3) is 0 Å². The number of benzene rings is 1. The molecule has 0 aliphatic carbocycles. The van der Waals surface area contributed by atoms with E-state index >= 15 is 0 Å². The summed E-state index contributed by atoms with van der Waals surface area (Å²) in [5.41, 5.74) is 2.40. The molecule has 1 amide bonds. The van der Waals surface area contributed by atoms with Crippen molar-refractivity contribution in [1.82, 2.24) is 10.2 Å². The Kier molecular flexibility index (Phi) is 4.93. The maximum atomic E-state index is 11.8. The zero-order valence-corrected chi connectivity index (χ0v) is 11.7. The van der Waals surface area contributed by atoms with Gasteiger partial charge in [-0.15, -0.1) is 0 Å². The Balaban J connectivity index is 1.80. The van der Waals surface area contributed by atoms with Crippen molar-refractivity contribution in [3.05, 3.63) is 35.4 Å². The number of hydrogen-bond donors (Lipinski definition) is 1. The van der Waals surface area contributed by atoms with Gasteiger partial charge in [0.15, 0.2) is 0 Å². The van der Waals surface area contributed by atoms with E-state index in [1.165, 1.54) is 5.56 Å². The number of hydrogen-bond acceptors (Lipinski definition) is 3. The lowest BCUT2D eigenvalue weighted by molar-refractivity contribution is -0.130. The first-order valence-electron chi connectivity index (χ1n) is 6.77. The van der Waals surface area contributed by atoms with Crippen LogP contribution in [-0.2, 0) is 22.6 Å². The minimum atomic E-state index is -0.243. The number of ether oxygens (including phenoxy) is 1. The SMILES string of the molecule is CN(C)Cc1ccc(CNC(=O)C2CCCO2)cc1. The first-order valence-corrected chi connectivity index (χ1v) is 6.77. The van der Waals surface area contributed by atoms with Crippen LogP contribution in [0.15, 0.2) is 24.3 Å². The fourth-order valence-corrected chi connectivity index (χ4v) is 2.22. The fourth-order valence-electron chi connectivity index (χ4n) is 2.22. The number of amides is 1. The van der Waals surface area contributed by atoms with Crippen molar-refractivity contribution >= 4 is 5.91 Å². The molecule has 0 spiro atoms. The molecule has 1 aromatic carbocycles. The molecule has 0 bridgehead atoms. The third kappa shape index (κ3) is 4.33. The van der Waals surface area contributed by atoms with Crippen molar-refractivity contribution in [2.75, 3.05) is 20.7 Å². The van der Waals surface area contributed by atoms with E-state index < -0.39 is 0 Å². The second-order valence-corrected chi connectivity index (χ2v) is 5.27. The Morgan fingerprint density at radius 3 is 2.58 bits per heavy atom. The smallest absolute Gasteiger partial charge is 0.249 e. The van der Waals surface area contributed by atoms with Crippen LogP contribution in [0.1, 0.15) is 24.0 Å². The highest BCUT2D eigenvalue weighted by molar-refractivity contribution is 5.80. The van der Waals surface area contributed by atoms with Gasteiger partial charge in [-0.25, -0.2) is 0 Å². The number of rotatable bonds is 5. The molecule has 1 aromatic rings. The van der Waals surface area contributed by atoms with E-state index in [4.69, 9.17) is 4.74 Å². The summed E-state index contributed by atoms with van der Waals surface area (Å²) in [5.74, 6) is 0.00914. The maximum Gasteiger partial charge on any atom is 0.249 e. The highest BCUT2D eigenvalue weighted by atomic mass is 16.5. The van der Waals surface area contributed by atoms with Gasteiger partial charge in [-0.2, -0.15) is 0 Å². The van der Waals surface area contributed by atoms with Crippen molar-refractivity contribution < 1.29 is 9.53 Å². The van der Waals surface area contributed by atoms with Gasteiger partial charge in [-0.3, -0.25) is 4.79 Å². The van der Waals surface area contributed by atoms with Gasteiger partial charge in [-0.05, 0) is 38.1 Å². The molecule has 0 saturated carbocycles. The van der Waals surface area contributed by atoms with Gasteiger partial charge < -0.3 is 15.0 Å². The van der Waals surface area contributed by atoms with Crippen LogP contribution in [0.4, 0.5) is 0 Å². The van der Waals surface area contributed by atoms with Crippen LogP contribution >= 0.6 is 0 Å². The highest BCUT2D eigenvalue weighted by Gasteiger charge is 2.22. The second-order valence-electron chi connectivity index (χ2n) is 5.27. The summed E-state index contributed by atoms with van der Waals surface area (Å²) in [5, 5.41) is 2.93. The first-order chi connectivity index (χ1) is 9.15. The van der Waals surface area contributed by atoms with Gasteiger partial charge in [-0.1, -0.05) is 24.3 Å². The van der Waals surface area contributed by atoms with E-state index in [9.17, 15) is 4.79 Å². The summed E-state index contributed by atoms with van der Waals surface area (Å²) < 4.78 is 5.35. The van der Waals surface area contributed by atoms with E-state index in [2.05, 4.69) is 48.6 Å². The monoisotopic (exact) mass is 262 g/mol. The lowest BCUT2D eigenvalue weighted by Gasteiger charge is -2.12. The summed E-state index contributed by atoms with van der Waals surface area (Å²) in [4.78, 5) is 13.9. The van der Waals surface area contributed by atoms with E-state index in [-0.39, 0.29) is 12.0 Å². The number of nitrogens with one attached hydrogen (secondary N) is 1. The molecule has 19 heavy (non-hydrogen) atoms. The Labute approximate surface area is 114 Å². The average molecular weight is 262 g/mol. The fraction of sp³-hybridized carbons (Fsp3) is 0.533. The highest BCUT2D eigenvalue weighted by Crippen LogP contribution is 2.12. The molecule has 4 heteroatoms. The van der Waals surface area contributed by atoms with Crippen molar-refractivity contribution in [2.24, 2.45) is 0 Å². The maximum absolute atomic E-state index is 11.8. The molecule has 1 unspecified atom stereocenters. The first kappa shape index (κ1) is 14.0. The van der Waals surface area contributed by atoms with Crippen LogP contribution in [0.2, 0.25) is 0 Å². The molecule has 104 valence electrons. The summed E-state index contributed by atoms with van der Waals surface area (Å²) in [6, 6.07) is 8.34. The van der Waals surface area contributed by atoms with Crippen molar-refractivity contribution in [2.45, 2.75) is 32.0 Å². The van der Waals surface area contributed by atoms with Crippen LogP contribution in [0.25, 0.3) is 0 Å². The van der Waals surface area contributed by atoms with Crippen molar-refractivity contribution in [3.8, 4) is 0 Å². The van der Waals surface area contributed by atoms with Crippen LogP contribution in [-0.4, -0.2) is 37.6 Å². The molecule has 1 aliphatic rings. The quantitative estimate of drug-likeness (QED) is 0.875. The molecule has 1 atom stereocenters. The zero-order chi connectivity index (χ0) is 13.7. The Morgan fingerprint density at radius 2 is 2.00 bits per heavy atom. The zero-order valence-electron chi connectivity index (χ0n) is 11.7. The molecule has 4 nitrogen and oxygen atoms in total. The number of carbonyl (C=O) groups excluding carboxylic acids is 1. The molecule has 1 fully saturated rings. The van der Waals surface area contributed by atoms with E-state index in [0.29, 0.717) is 13.2 Å². The third-order valence-electron chi connectivity index (χ3n) is 3.21. The summed E-state index contributed by atoms with van der Waals surface area (Å²) in [6.45, 7) is 2.21. The molecule has 1 heterocycles. The number of carbonyl (C=O) groups is 1. The standard InChI is InChI=1S/C15H22N2O2/c1-17(2)11-13-7-5-12(6-8-13)10-16-15(18)14-4-3-9-19-14/h5-8,14H,3-4,9-11H2,1-2H3,(H,16,18). The largest absolute Gasteiger partial charge is 0.368 e. The predicted octanol–water partition coefficient (Wildman–Crippen LogP) is 1.54. The van der Waals surface area contributed by atoms with Crippen LogP contribution in [0, 0.1) is 0 Å². The summed E-state index contributed by atoms with van der Waals surface area (Å²) in [6.07, 6.45) is 1.58. The molecule has 0 aromatic heterocycles. The van der Waals surface area contributed by atoms with Crippen LogP contribution < -0.4 is 5.32 Å². The molecule has 1 aliphatic heterocycles. The third-order valence-corrected chi connectivity index (χ3v) is 3.21. The van der Waals surface area contributed by atoms with E-state index in [0.717, 1.165) is 24.9 Å². The van der Waals surface area contributed by atoms with E-state index in [1.54, 1.807) is 0 Å². The molecule has 1 saturated heterocycles. The Morgan fingerprint density at radius 1 is 1.32 bits per heavy atom. The minimum Gasteiger partial charge on any atom is -0.368 e. The molecular weight excluding hydrogens is 240 g/mol. The van der Waals surface area contributed by atoms with Crippen LogP contribution in [0.5, 0.6) is 0 Å². The summed E-state index contributed by atoms with van der Waals surface area (Å²) in [7, 11) is 4.10. The Hall–Kier alpha value is -1.39. The van der Waals surface area contributed by atoms with Crippen LogP contribution in [0.3, 0.4) is 0 Å². The van der Waals surface area contributed by atoms with Gasteiger partial charge in [0.05, 0.1) is 0 Å². The lowest BCUT2D eigenvalue weighted by Crippen LogP contribution is -2.33. The predicted molar refractivity (Wildman–Crippen MR) is 74.7 cm³/mol. The van der Waals surface area contributed by atoms with Gasteiger partial charge in [0.1, 0.15) is 6.10 Å². The molecule has 1 N–H and O–H groups in total. The van der Waals surface area contributed by atoms with Crippen molar-refractivity contribution in [1.29, 1.82) is 0 Å². The molecule has 2 rings (SSSR count). The summed E-state index contributed by atoms with van der Waals surface area (Å²) >= 11 is 0. The second kappa shape index (κ2) is 6.68. The van der Waals surface area contributed by atoms with E-state index in [1.807, 2.05) is 0 Å². The normalized spacial score (nSPS) is 18.8. The topological polar surface area (TPSA) is 41.6 Å². The number of nitrogens with zero attached hydrogens (tertiary/aromatic N) is 1. The molecule has 0 radical (unpaired) electrons. The van der Waals surface area contributed by atoms with Gasteiger partial charge in [0, 0.05) is 19.7 Å². The van der Waals surface area contributed by atoms with Gasteiger partial charge >= 0.3 is 0 Å².